The summed E-state index contributed by atoms with van der Waals surface area (Å²) in [4.78, 5) is 24.6. The van der Waals surface area contributed by atoms with Crippen LogP contribution in [-0.2, 0) is 25.2 Å². The lowest BCUT2D eigenvalue weighted by molar-refractivity contribution is -0.169. The molecule has 1 aromatic carbocycles. The van der Waals surface area contributed by atoms with Gasteiger partial charge in [-0.3, -0.25) is 4.79 Å². The van der Waals surface area contributed by atoms with E-state index in [2.05, 4.69) is 0 Å². The average Bonchev–Trinajstić information content (AvgIpc) is 3.01. The predicted octanol–water partition coefficient (Wildman–Crippen LogP) is 4.53. The van der Waals surface area contributed by atoms with Crippen LogP contribution in [0.25, 0.3) is 6.08 Å². The van der Waals surface area contributed by atoms with Crippen LogP contribution < -0.4 is 0 Å². The maximum absolute atomic E-state index is 12.9. The Labute approximate surface area is 173 Å². The van der Waals surface area contributed by atoms with Crippen molar-refractivity contribution in [2.45, 2.75) is 57.7 Å². The maximum atomic E-state index is 12.9. The van der Waals surface area contributed by atoms with Crippen molar-refractivity contribution in [3.8, 4) is 0 Å². The highest BCUT2D eigenvalue weighted by Crippen LogP contribution is 2.34. The van der Waals surface area contributed by atoms with Gasteiger partial charge in [-0.25, -0.2) is 4.79 Å². The molecular formula is C22H27F3O5. The standard InChI is InChI=1S/C22H27F3O5/c1-3-6-16(7-4-2)19(27)29-14-21(13-26)12-17(20(28)30-21)10-15-8-5-9-18(11-15)22(23,24)25/h5,8-11,16,26H,3-4,6-7,12-14H2,1-2H3/b17-10+. The number of halogens is 3. The molecule has 0 radical (unpaired) electrons. The number of alkyl halides is 3. The van der Waals surface area contributed by atoms with Crippen LogP contribution in [-0.4, -0.2) is 35.9 Å². The number of carbonyl (C=O) groups is 2. The van der Waals surface area contributed by atoms with E-state index in [0.717, 1.165) is 25.0 Å². The van der Waals surface area contributed by atoms with Gasteiger partial charge in [0.15, 0.2) is 5.60 Å². The molecule has 1 saturated heterocycles. The van der Waals surface area contributed by atoms with Crippen molar-refractivity contribution in [2.75, 3.05) is 13.2 Å². The molecule has 1 fully saturated rings. The topological polar surface area (TPSA) is 72.8 Å². The number of hydrogen-bond acceptors (Lipinski definition) is 5. The summed E-state index contributed by atoms with van der Waals surface area (Å²) in [7, 11) is 0. The Morgan fingerprint density at radius 2 is 1.97 bits per heavy atom. The molecule has 166 valence electrons. The minimum Gasteiger partial charge on any atom is -0.461 e. The minimum atomic E-state index is -4.50. The van der Waals surface area contributed by atoms with E-state index in [0.29, 0.717) is 12.8 Å². The van der Waals surface area contributed by atoms with Gasteiger partial charge in [-0.2, -0.15) is 13.2 Å². The molecule has 1 unspecified atom stereocenters. The SMILES string of the molecule is CCCC(CCC)C(=O)OCC1(CO)C/C(=C\c2cccc(C(F)(F)F)c2)C(=O)O1. The summed E-state index contributed by atoms with van der Waals surface area (Å²) in [5.41, 5.74) is -1.96. The Morgan fingerprint density at radius 3 is 2.53 bits per heavy atom. The number of ether oxygens (including phenoxy) is 2. The third-order valence-corrected chi connectivity index (χ3v) is 5.01. The molecule has 8 heteroatoms. The Morgan fingerprint density at radius 1 is 1.30 bits per heavy atom. The van der Waals surface area contributed by atoms with E-state index in [1.165, 1.54) is 18.2 Å². The van der Waals surface area contributed by atoms with E-state index in [4.69, 9.17) is 9.47 Å². The van der Waals surface area contributed by atoms with E-state index in [-0.39, 0.29) is 30.1 Å². The molecule has 0 aliphatic carbocycles. The summed E-state index contributed by atoms with van der Waals surface area (Å²) < 4.78 is 49.3. The zero-order valence-electron chi connectivity index (χ0n) is 17.1. The Kier molecular flexibility index (Phi) is 8.06. The van der Waals surface area contributed by atoms with Crippen molar-refractivity contribution < 1.29 is 37.3 Å². The second-order valence-electron chi connectivity index (χ2n) is 7.58. The van der Waals surface area contributed by atoms with Gasteiger partial charge in [-0.05, 0) is 36.6 Å². The highest BCUT2D eigenvalue weighted by molar-refractivity contribution is 5.96. The number of benzene rings is 1. The molecule has 0 bridgehead atoms. The molecule has 0 spiro atoms. The van der Waals surface area contributed by atoms with E-state index < -0.39 is 35.9 Å². The maximum Gasteiger partial charge on any atom is 0.416 e. The highest BCUT2D eigenvalue weighted by Gasteiger charge is 2.45. The lowest BCUT2D eigenvalue weighted by atomic mass is 9.96. The van der Waals surface area contributed by atoms with Crippen molar-refractivity contribution in [2.24, 2.45) is 5.92 Å². The van der Waals surface area contributed by atoms with E-state index >= 15 is 0 Å². The zero-order chi connectivity index (χ0) is 22.4. The fourth-order valence-corrected chi connectivity index (χ4v) is 3.45. The van der Waals surface area contributed by atoms with Gasteiger partial charge in [0.25, 0.3) is 0 Å². The summed E-state index contributed by atoms with van der Waals surface area (Å²) in [6.07, 6.45) is -0.265. The lowest BCUT2D eigenvalue weighted by Crippen LogP contribution is -2.40. The molecular weight excluding hydrogens is 401 g/mol. The van der Waals surface area contributed by atoms with Crippen LogP contribution in [0.1, 0.15) is 57.1 Å². The van der Waals surface area contributed by atoms with Crippen molar-refractivity contribution >= 4 is 18.0 Å². The summed E-state index contributed by atoms with van der Waals surface area (Å²) in [6, 6.07) is 4.56. The zero-order valence-corrected chi connectivity index (χ0v) is 17.1. The van der Waals surface area contributed by atoms with Crippen molar-refractivity contribution in [3.63, 3.8) is 0 Å². The first-order valence-electron chi connectivity index (χ1n) is 10.0. The summed E-state index contributed by atoms with van der Waals surface area (Å²) >= 11 is 0. The number of esters is 2. The van der Waals surface area contributed by atoms with Crippen molar-refractivity contribution in [1.82, 2.24) is 0 Å². The molecule has 0 saturated carbocycles. The number of rotatable bonds is 9. The van der Waals surface area contributed by atoms with Gasteiger partial charge >= 0.3 is 18.1 Å². The molecule has 5 nitrogen and oxygen atoms in total. The highest BCUT2D eigenvalue weighted by atomic mass is 19.4. The van der Waals surface area contributed by atoms with E-state index in [9.17, 15) is 27.9 Å². The van der Waals surface area contributed by atoms with Gasteiger partial charge < -0.3 is 14.6 Å². The molecule has 1 heterocycles. The number of aliphatic hydroxyl groups excluding tert-OH is 1. The first kappa shape index (κ1) is 23.9. The van der Waals surface area contributed by atoms with Crippen LogP contribution in [0, 0.1) is 5.92 Å². The predicted molar refractivity (Wildman–Crippen MR) is 104 cm³/mol. The van der Waals surface area contributed by atoms with Gasteiger partial charge in [-0.1, -0.05) is 38.8 Å². The fourth-order valence-electron chi connectivity index (χ4n) is 3.45. The minimum absolute atomic E-state index is 0.0713. The number of cyclic esters (lactones) is 1. The van der Waals surface area contributed by atoms with Gasteiger partial charge in [0.05, 0.1) is 18.1 Å². The van der Waals surface area contributed by atoms with Gasteiger partial charge in [-0.15, -0.1) is 0 Å². The molecule has 0 amide bonds. The molecule has 2 rings (SSSR count). The molecule has 1 aliphatic heterocycles. The second kappa shape index (κ2) is 10.1. The number of carbonyl (C=O) groups excluding carboxylic acids is 2. The van der Waals surface area contributed by atoms with Crippen LogP contribution in [0.3, 0.4) is 0 Å². The largest absolute Gasteiger partial charge is 0.461 e. The molecule has 1 aromatic rings. The van der Waals surface area contributed by atoms with Gasteiger partial charge in [0.1, 0.15) is 6.61 Å². The molecule has 1 aliphatic rings. The van der Waals surface area contributed by atoms with Gasteiger partial charge in [0.2, 0.25) is 0 Å². The van der Waals surface area contributed by atoms with Crippen LogP contribution >= 0.6 is 0 Å². The first-order valence-corrected chi connectivity index (χ1v) is 10.0. The molecule has 1 N–H and O–H groups in total. The third-order valence-electron chi connectivity index (χ3n) is 5.01. The summed E-state index contributed by atoms with van der Waals surface area (Å²) in [5, 5.41) is 9.78. The normalized spacial score (nSPS) is 20.6. The smallest absolute Gasteiger partial charge is 0.416 e. The summed E-state index contributed by atoms with van der Waals surface area (Å²) in [5.74, 6) is -1.41. The Balaban J connectivity index is 2.13. The van der Waals surface area contributed by atoms with Crippen LogP contribution in [0.15, 0.2) is 29.8 Å². The van der Waals surface area contributed by atoms with E-state index in [1.807, 2.05) is 13.8 Å². The first-order chi connectivity index (χ1) is 14.1. The third kappa shape index (κ3) is 6.08. The lowest BCUT2D eigenvalue weighted by Gasteiger charge is -2.25. The van der Waals surface area contributed by atoms with Crippen molar-refractivity contribution in [3.05, 3.63) is 41.0 Å². The fraction of sp³-hybridized carbons (Fsp3) is 0.545. The summed E-state index contributed by atoms with van der Waals surface area (Å²) in [6.45, 7) is 3.06. The monoisotopic (exact) mass is 428 g/mol. The van der Waals surface area contributed by atoms with E-state index in [1.54, 1.807) is 0 Å². The quantitative estimate of drug-likeness (QED) is 0.462. The van der Waals surface area contributed by atoms with Crippen LogP contribution in [0.2, 0.25) is 0 Å². The number of aliphatic hydroxyl groups is 1. The Hall–Kier alpha value is -2.35. The van der Waals surface area contributed by atoms with Gasteiger partial charge in [0, 0.05) is 12.0 Å². The molecule has 30 heavy (non-hydrogen) atoms. The number of hydrogen-bond donors (Lipinski definition) is 1. The average molecular weight is 428 g/mol. The molecule has 0 aromatic heterocycles. The Bertz CT molecular complexity index is 781. The molecule has 1 atom stereocenters. The van der Waals surface area contributed by atoms with Crippen LogP contribution in [0.4, 0.5) is 13.2 Å². The van der Waals surface area contributed by atoms with Crippen molar-refractivity contribution in [1.29, 1.82) is 0 Å². The van der Waals surface area contributed by atoms with Crippen LogP contribution in [0.5, 0.6) is 0 Å². The second-order valence-corrected chi connectivity index (χ2v) is 7.58.